The summed E-state index contributed by atoms with van der Waals surface area (Å²) in [5.74, 6) is -0.307. The summed E-state index contributed by atoms with van der Waals surface area (Å²) in [5, 5.41) is 4.34. The number of nitrogens with zero attached hydrogens (tertiary/aromatic N) is 1. The van der Waals surface area contributed by atoms with Crippen molar-refractivity contribution < 1.29 is 28.4 Å². The van der Waals surface area contributed by atoms with E-state index in [0.717, 1.165) is 11.3 Å². The Bertz CT molecular complexity index is 405. The molecule has 0 aliphatic rings. The summed E-state index contributed by atoms with van der Waals surface area (Å²) in [5.41, 5.74) is 1.67. The number of hydrogen-bond donors (Lipinski definition) is 0. The van der Waals surface area contributed by atoms with Crippen LogP contribution in [0.1, 0.15) is 26.3 Å². The van der Waals surface area contributed by atoms with E-state index < -0.39 is 6.04 Å². The van der Waals surface area contributed by atoms with Gasteiger partial charge in [-0.3, -0.25) is 4.79 Å². The Morgan fingerprint density at radius 1 is 1.33 bits per heavy atom. The quantitative estimate of drug-likeness (QED) is 0.560. The maximum absolute atomic E-state index is 11.6. The van der Waals surface area contributed by atoms with E-state index in [4.69, 9.17) is 4.74 Å². The molecule has 0 radical (unpaired) electrons. The number of rotatable bonds is 5. The molecule has 1 aromatic rings. The van der Waals surface area contributed by atoms with E-state index in [1.807, 2.05) is 38.1 Å². The van der Waals surface area contributed by atoms with Crippen molar-refractivity contribution in [1.82, 2.24) is 0 Å². The molecule has 92 valence electrons. The van der Waals surface area contributed by atoms with Crippen LogP contribution in [0.5, 0.6) is 0 Å². The zero-order valence-corrected chi connectivity index (χ0v) is 11.5. The predicted octanol–water partition coefficient (Wildman–Crippen LogP) is 0.679. The Labute approximate surface area is 121 Å². The Morgan fingerprint density at radius 3 is 2.50 bits per heavy atom. The summed E-state index contributed by atoms with van der Waals surface area (Å²) in [7, 11) is 0. The van der Waals surface area contributed by atoms with Crippen LogP contribution in [0.4, 0.5) is 5.69 Å². The first-order valence-electron chi connectivity index (χ1n) is 5.67. The minimum atomic E-state index is -0.501. The van der Waals surface area contributed by atoms with Crippen LogP contribution in [0.2, 0.25) is 0 Å². The maximum atomic E-state index is 11.6. The van der Waals surface area contributed by atoms with Crippen LogP contribution in [-0.2, 0) is 9.53 Å². The van der Waals surface area contributed by atoms with Crippen LogP contribution in [0.25, 0.3) is 11.4 Å². The molecular weight excluding hydrogens is 221 g/mol. The molecule has 0 fully saturated rings. The van der Waals surface area contributed by atoms with Crippen LogP contribution in [0.15, 0.2) is 30.8 Å². The first kappa shape index (κ1) is 16.8. The van der Waals surface area contributed by atoms with Crippen molar-refractivity contribution in [3.8, 4) is 0 Å². The van der Waals surface area contributed by atoms with E-state index in [-0.39, 0.29) is 30.9 Å². The molecule has 0 aliphatic heterocycles. The van der Waals surface area contributed by atoms with Gasteiger partial charge in [-0.05, 0) is 25.5 Å². The summed E-state index contributed by atoms with van der Waals surface area (Å²) in [4.78, 5) is 11.6. The van der Waals surface area contributed by atoms with Crippen molar-refractivity contribution in [2.24, 2.45) is 0 Å². The predicted molar refractivity (Wildman–Crippen MR) is 70.2 cm³/mol. The topological polar surface area (TPSA) is 40.4 Å². The Hall–Kier alpha value is -1.17. The van der Waals surface area contributed by atoms with Gasteiger partial charge in [-0.2, -0.15) is 0 Å². The second kappa shape index (κ2) is 8.02. The second-order valence-corrected chi connectivity index (χ2v) is 4.05. The summed E-state index contributed by atoms with van der Waals surface area (Å²) in [6.45, 7) is 9.09. The van der Waals surface area contributed by atoms with E-state index in [1.165, 1.54) is 0 Å². The molecule has 18 heavy (non-hydrogen) atoms. The normalized spacial score (nSPS) is 11.3. The van der Waals surface area contributed by atoms with Gasteiger partial charge in [-0.15, -0.1) is 5.69 Å². The monoisotopic (exact) mass is 239 g/mol. The van der Waals surface area contributed by atoms with E-state index in [2.05, 4.69) is 11.9 Å². The molecule has 0 spiro atoms. The van der Waals surface area contributed by atoms with Crippen LogP contribution in [0.3, 0.4) is 0 Å². The van der Waals surface area contributed by atoms with E-state index in [1.54, 1.807) is 13.0 Å². The standard InChI is InChI=1S/C14H18NO2.Li/c1-5-12-8-6-7-9-13(12)15-11(4)14(16)17-10(2)3;/h5-11H,1H2,2-4H3;/q-1;+1. The number of esters is 1. The fourth-order valence-electron chi connectivity index (χ4n) is 1.37. The molecule has 4 heteroatoms. The van der Waals surface area contributed by atoms with Crippen molar-refractivity contribution in [3.63, 3.8) is 0 Å². The minimum absolute atomic E-state index is 0. The molecule has 0 aromatic heterocycles. The van der Waals surface area contributed by atoms with Gasteiger partial charge < -0.3 is 10.1 Å². The van der Waals surface area contributed by atoms with Gasteiger partial charge in [0.25, 0.3) is 5.97 Å². The number of benzene rings is 1. The molecule has 1 rings (SSSR count). The molecule has 0 saturated heterocycles. The SMILES string of the molecule is C=Cc1ccccc1[N-]C(C)C(=O)OC(C)C.[Li+]. The maximum Gasteiger partial charge on any atom is 1.00 e. The average Bonchev–Trinajstić information content (AvgIpc) is 2.28. The molecule has 0 bridgehead atoms. The first-order chi connectivity index (χ1) is 8.04. The van der Waals surface area contributed by atoms with Gasteiger partial charge in [0.15, 0.2) is 0 Å². The number of hydrogen-bond acceptors (Lipinski definition) is 2. The van der Waals surface area contributed by atoms with Crippen molar-refractivity contribution in [2.75, 3.05) is 0 Å². The molecule has 0 amide bonds. The van der Waals surface area contributed by atoms with Gasteiger partial charge >= 0.3 is 18.9 Å². The van der Waals surface area contributed by atoms with Crippen molar-refractivity contribution in [2.45, 2.75) is 32.9 Å². The number of para-hydroxylation sites is 1. The fourth-order valence-corrected chi connectivity index (χ4v) is 1.37. The van der Waals surface area contributed by atoms with Crippen molar-refractivity contribution >= 4 is 17.7 Å². The van der Waals surface area contributed by atoms with Crippen molar-refractivity contribution in [1.29, 1.82) is 0 Å². The third-order valence-corrected chi connectivity index (χ3v) is 2.18. The van der Waals surface area contributed by atoms with Crippen LogP contribution < -0.4 is 18.9 Å². The molecule has 0 aliphatic carbocycles. The molecule has 3 nitrogen and oxygen atoms in total. The molecule has 1 atom stereocenters. The summed E-state index contributed by atoms with van der Waals surface area (Å²) >= 11 is 0. The summed E-state index contributed by atoms with van der Waals surface area (Å²) < 4.78 is 5.10. The number of ether oxygens (including phenoxy) is 1. The van der Waals surface area contributed by atoms with Gasteiger partial charge in [-0.25, -0.2) is 0 Å². The van der Waals surface area contributed by atoms with Crippen molar-refractivity contribution in [3.05, 3.63) is 41.7 Å². The molecule has 0 heterocycles. The first-order valence-corrected chi connectivity index (χ1v) is 5.67. The van der Waals surface area contributed by atoms with Crippen LogP contribution >= 0.6 is 0 Å². The van der Waals surface area contributed by atoms with E-state index in [9.17, 15) is 4.79 Å². The zero-order chi connectivity index (χ0) is 12.8. The van der Waals surface area contributed by atoms with Gasteiger partial charge in [0.2, 0.25) is 0 Å². The largest absolute Gasteiger partial charge is 1.00 e. The smallest absolute Gasteiger partial charge is 0.673 e. The van der Waals surface area contributed by atoms with Crippen LogP contribution in [-0.4, -0.2) is 18.1 Å². The Morgan fingerprint density at radius 2 is 1.94 bits per heavy atom. The minimum Gasteiger partial charge on any atom is -0.673 e. The second-order valence-electron chi connectivity index (χ2n) is 4.05. The number of carbonyl (C=O) groups excluding carboxylic acids is 1. The average molecular weight is 239 g/mol. The zero-order valence-electron chi connectivity index (χ0n) is 11.5. The Kier molecular flexibility index (Phi) is 7.50. The van der Waals surface area contributed by atoms with E-state index >= 15 is 0 Å². The third kappa shape index (κ3) is 4.99. The number of carbonyl (C=O) groups is 1. The van der Waals surface area contributed by atoms with Crippen LogP contribution in [0, 0.1) is 0 Å². The molecular formula is C14H18LiNO2. The molecule has 1 aromatic carbocycles. The van der Waals surface area contributed by atoms with E-state index in [0.29, 0.717) is 0 Å². The molecule has 0 N–H and O–H groups in total. The summed E-state index contributed by atoms with van der Waals surface area (Å²) in [6.07, 6.45) is 1.61. The molecule has 1 unspecified atom stereocenters. The van der Waals surface area contributed by atoms with Gasteiger partial charge in [-0.1, -0.05) is 43.8 Å². The fraction of sp³-hybridized carbons (Fsp3) is 0.357. The van der Waals surface area contributed by atoms with Gasteiger partial charge in [0.1, 0.15) is 0 Å². The summed E-state index contributed by atoms with van der Waals surface area (Å²) in [6, 6.07) is 7.06. The Balaban J connectivity index is 0.00000289. The third-order valence-electron chi connectivity index (χ3n) is 2.18. The molecule has 0 saturated carbocycles. The van der Waals surface area contributed by atoms with Gasteiger partial charge in [0, 0.05) is 0 Å². The van der Waals surface area contributed by atoms with Gasteiger partial charge in [0.05, 0.1) is 6.10 Å².